The molecule has 16 heavy (non-hydrogen) atoms. The van der Waals surface area contributed by atoms with E-state index in [2.05, 4.69) is 36.5 Å². The Balaban J connectivity index is 1.83. The maximum absolute atomic E-state index is 3.67. The second-order valence-corrected chi connectivity index (χ2v) is 5.74. The van der Waals surface area contributed by atoms with Crippen LogP contribution in [0.2, 0.25) is 0 Å². The van der Waals surface area contributed by atoms with Gasteiger partial charge in [-0.2, -0.15) is 0 Å². The predicted molar refractivity (Wildman–Crippen MR) is 67.8 cm³/mol. The molecule has 1 atom stereocenters. The fourth-order valence-corrected chi connectivity index (χ4v) is 3.02. The highest BCUT2D eigenvalue weighted by molar-refractivity contribution is 5.34. The summed E-state index contributed by atoms with van der Waals surface area (Å²) >= 11 is 0. The highest BCUT2D eigenvalue weighted by Crippen LogP contribution is 2.42. The minimum atomic E-state index is 0.352. The van der Waals surface area contributed by atoms with E-state index in [0.717, 1.165) is 5.92 Å². The van der Waals surface area contributed by atoms with Gasteiger partial charge in [0.05, 0.1) is 0 Å². The second kappa shape index (κ2) is 3.89. The van der Waals surface area contributed by atoms with Gasteiger partial charge in [0.25, 0.3) is 0 Å². The van der Waals surface area contributed by atoms with Gasteiger partial charge in [0.15, 0.2) is 0 Å². The van der Waals surface area contributed by atoms with Crippen LogP contribution < -0.4 is 5.32 Å². The van der Waals surface area contributed by atoms with E-state index in [1.807, 2.05) is 0 Å². The summed E-state index contributed by atoms with van der Waals surface area (Å²) in [6.07, 6.45) is 6.68. The average Bonchev–Trinajstić information content (AvgIpc) is 3.03. The predicted octanol–water partition coefficient (Wildman–Crippen LogP) is 3.25. The molecule has 1 aliphatic carbocycles. The highest BCUT2D eigenvalue weighted by Gasteiger charge is 2.31. The Kier molecular flexibility index (Phi) is 2.51. The summed E-state index contributed by atoms with van der Waals surface area (Å²) in [7, 11) is 0. The van der Waals surface area contributed by atoms with Crippen LogP contribution in [0, 0.1) is 0 Å². The van der Waals surface area contributed by atoms with Crippen molar-refractivity contribution < 1.29 is 0 Å². The zero-order chi connectivity index (χ0) is 11.0. The van der Waals surface area contributed by atoms with E-state index in [0.29, 0.717) is 5.54 Å². The van der Waals surface area contributed by atoms with E-state index in [1.54, 1.807) is 11.1 Å². The smallest absolute Gasteiger partial charge is 0.0194 e. The van der Waals surface area contributed by atoms with Crippen molar-refractivity contribution in [2.24, 2.45) is 0 Å². The number of hydrogen-bond acceptors (Lipinski definition) is 1. The van der Waals surface area contributed by atoms with E-state index >= 15 is 0 Å². The topological polar surface area (TPSA) is 12.0 Å². The molecule has 1 nitrogen and oxygen atoms in total. The van der Waals surface area contributed by atoms with Crippen molar-refractivity contribution in [3.8, 4) is 0 Å². The van der Waals surface area contributed by atoms with Crippen LogP contribution in [0.4, 0.5) is 0 Å². The molecule has 3 rings (SSSR count). The number of nitrogens with one attached hydrogen (secondary N) is 1. The molecule has 1 unspecified atom stereocenters. The van der Waals surface area contributed by atoms with Crippen molar-refractivity contribution in [2.75, 3.05) is 6.54 Å². The summed E-state index contributed by atoms with van der Waals surface area (Å²) in [4.78, 5) is 0. The van der Waals surface area contributed by atoms with Gasteiger partial charge in [-0.25, -0.2) is 0 Å². The lowest BCUT2D eigenvalue weighted by Crippen LogP contribution is -2.38. The van der Waals surface area contributed by atoms with Crippen LogP contribution in [-0.2, 0) is 6.42 Å². The Labute approximate surface area is 98.3 Å². The third kappa shape index (κ3) is 2.01. The summed E-state index contributed by atoms with van der Waals surface area (Å²) in [6.45, 7) is 3.58. The van der Waals surface area contributed by atoms with Gasteiger partial charge in [-0.3, -0.25) is 0 Å². The molecule has 1 aliphatic heterocycles. The number of rotatable bonds is 3. The minimum absolute atomic E-state index is 0.352. The van der Waals surface area contributed by atoms with E-state index in [9.17, 15) is 0 Å². The number of benzene rings is 1. The maximum Gasteiger partial charge on any atom is 0.0194 e. The molecular weight excluding hydrogens is 194 g/mol. The molecule has 0 bridgehead atoms. The molecule has 1 heterocycles. The van der Waals surface area contributed by atoms with Gasteiger partial charge in [0.1, 0.15) is 0 Å². The Morgan fingerprint density at radius 2 is 2.12 bits per heavy atom. The largest absolute Gasteiger partial charge is 0.311 e. The van der Waals surface area contributed by atoms with Crippen molar-refractivity contribution in [2.45, 2.75) is 50.5 Å². The lowest BCUT2D eigenvalue weighted by Gasteiger charge is -2.25. The quantitative estimate of drug-likeness (QED) is 0.816. The Hall–Kier alpha value is -0.820. The van der Waals surface area contributed by atoms with Gasteiger partial charge < -0.3 is 5.32 Å². The zero-order valence-electron chi connectivity index (χ0n) is 10.1. The normalized spacial score (nSPS) is 29.6. The first kappa shape index (κ1) is 10.3. The van der Waals surface area contributed by atoms with E-state index < -0.39 is 0 Å². The number of hydrogen-bond donors (Lipinski definition) is 1. The summed E-state index contributed by atoms with van der Waals surface area (Å²) in [5.41, 5.74) is 3.56. The molecule has 1 N–H and O–H groups in total. The molecule has 86 valence electrons. The minimum Gasteiger partial charge on any atom is -0.311 e. The van der Waals surface area contributed by atoms with E-state index in [4.69, 9.17) is 0 Å². The van der Waals surface area contributed by atoms with Crippen molar-refractivity contribution in [1.29, 1.82) is 0 Å². The molecule has 0 amide bonds. The summed E-state index contributed by atoms with van der Waals surface area (Å²) < 4.78 is 0. The zero-order valence-corrected chi connectivity index (χ0v) is 10.1. The van der Waals surface area contributed by atoms with Crippen LogP contribution in [0.25, 0.3) is 0 Å². The van der Waals surface area contributed by atoms with E-state index in [1.165, 1.54) is 38.6 Å². The fourth-order valence-electron chi connectivity index (χ4n) is 3.02. The van der Waals surface area contributed by atoms with Crippen LogP contribution >= 0.6 is 0 Å². The third-order valence-corrected chi connectivity index (χ3v) is 4.11. The van der Waals surface area contributed by atoms with Gasteiger partial charge in [0.2, 0.25) is 0 Å². The monoisotopic (exact) mass is 215 g/mol. The molecule has 0 radical (unpaired) electrons. The Morgan fingerprint density at radius 3 is 2.81 bits per heavy atom. The molecule has 1 aromatic rings. The second-order valence-electron chi connectivity index (χ2n) is 5.74. The van der Waals surface area contributed by atoms with Gasteiger partial charge in [0, 0.05) is 5.54 Å². The summed E-state index contributed by atoms with van der Waals surface area (Å²) in [5.74, 6) is 0.876. The molecule has 0 aromatic heterocycles. The standard InChI is InChI=1S/C15H21N/c1-15(9-4-10-16-15)11-13-5-2-3-6-14(13)12-7-8-12/h2-3,5-6,12,16H,4,7-11H2,1H3. The SMILES string of the molecule is CC1(Cc2ccccc2C2CC2)CCCN1. The molecule has 1 saturated heterocycles. The van der Waals surface area contributed by atoms with Crippen LogP contribution in [0.1, 0.15) is 49.7 Å². The first-order valence-electron chi connectivity index (χ1n) is 6.60. The lowest BCUT2D eigenvalue weighted by atomic mass is 9.88. The van der Waals surface area contributed by atoms with Crippen LogP contribution in [-0.4, -0.2) is 12.1 Å². The molecular formula is C15H21N. The highest BCUT2D eigenvalue weighted by atomic mass is 15.0. The molecule has 2 aliphatic rings. The van der Waals surface area contributed by atoms with Gasteiger partial charge in [-0.1, -0.05) is 24.3 Å². The van der Waals surface area contributed by atoms with Gasteiger partial charge in [-0.15, -0.1) is 0 Å². The van der Waals surface area contributed by atoms with E-state index in [-0.39, 0.29) is 0 Å². The maximum atomic E-state index is 3.67. The fraction of sp³-hybridized carbons (Fsp3) is 0.600. The third-order valence-electron chi connectivity index (χ3n) is 4.11. The Morgan fingerprint density at radius 1 is 1.31 bits per heavy atom. The molecule has 1 aromatic carbocycles. The molecule has 1 saturated carbocycles. The van der Waals surface area contributed by atoms with Crippen LogP contribution in [0.15, 0.2) is 24.3 Å². The average molecular weight is 215 g/mol. The molecule has 1 heteroatoms. The lowest BCUT2D eigenvalue weighted by molar-refractivity contribution is 0.411. The van der Waals surface area contributed by atoms with Crippen molar-refractivity contribution in [3.05, 3.63) is 35.4 Å². The first-order valence-corrected chi connectivity index (χ1v) is 6.60. The summed E-state index contributed by atoms with van der Waals surface area (Å²) in [5, 5.41) is 3.67. The Bertz CT molecular complexity index is 373. The first-order chi connectivity index (χ1) is 7.77. The van der Waals surface area contributed by atoms with Crippen molar-refractivity contribution >= 4 is 0 Å². The van der Waals surface area contributed by atoms with Crippen molar-refractivity contribution in [3.63, 3.8) is 0 Å². The molecule has 0 spiro atoms. The van der Waals surface area contributed by atoms with Crippen LogP contribution in [0.3, 0.4) is 0 Å². The van der Waals surface area contributed by atoms with Gasteiger partial charge >= 0.3 is 0 Å². The van der Waals surface area contributed by atoms with Gasteiger partial charge in [-0.05, 0) is 62.6 Å². The van der Waals surface area contributed by atoms with Crippen LogP contribution in [0.5, 0.6) is 0 Å². The summed E-state index contributed by atoms with van der Waals surface area (Å²) in [6, 6.07) is 9.06. The van der Waals surface area contributed by atoms with Crippen molar-refractivity contribution in [1.82, 2.24) is 5.32 Å². The molecule has 2 fully saturated rings.